The van der Waals surface area contributed by atoms with Crippen LogP contribution in [0.25, 0.3) is 0 Å². The van der Waals surface area contributed by atoms with E-state index in [9.17, 15) is 14.9 Å². The zero-order valence-electron chi connectivity index (χ0n) is 14.5. The average molecular weight is 379 g/mol. The van der Waals surface area contributed by atoms with Crippen LogP contribution in [0.15, 0.2) is 42.5 Å². The molecule has 1 amide bonds. The minimum absolute atomic E-state index is 0. The molecule has 0 saturated heterocycles. The second-order valence-electron chi connectivity index (χ2n) is 5.71. The molecular formula is C18H23ClN4O3. The summed E-state index contributed by atoms with van der Waals surface area (Å²) in [5, 5.41) is 16.9. The fourth-order valence-corrected chi connectivity index (χ4v) is 2.35. The number of carbonyl (C=O) groups excluding carboxylic acids is 1. The average Bonchev–Trinajstić information content (AvgIpc) is 2.62. The molecule has 0 saturated carbocycles. The van der Waals surface area contributed by atoms with E-state index in [4.69, 9.17) is 5.73 Å². The van der Waals surface area contributed by atoms with Crippen molar-refractivity contribution in [3.05, 3.63) is 69.3 Å². The number of benzene rings is 2. The zero-order valence-corrected chi connectivity index (χ0v) is 15.3. The van der Waals surface area contributed by atoms with E-state index in [1.54, 1.807) is 18.2 Å². The van der Waals surface area contributed by atoms with Gasteiger partial charge in [0.15, 0.2) is 0 Å². The standard InChI is InChI=1S/C18H22N4O3.ClH/c1-13-3-8-16(17(11-13)22(24)25)20-9-2-10-21-18(23)15-6-4-14(12-19)5-7-15;/h3-8,11,20H,2,9-10,12,19H2,1H3,(H,21,23);1H. The Morgan fingerprint density at radius 3 is 2.46 bits per heavy atom. The van der Waals surface area contributed by atoms with Crippen molar-refractivity contribution < 1.29 is 9.72 Å². The number of nitrogens with two attached hydrogens (primary N) is 1. The third-order valence-electron chi connectivity index (χ3n) is 3.76. The van der Waals surface area contributed by atoms with Gasteiger partial charge >= 0.3 is 0 Å². The number of nitro groups is 1. The smallest absolute Gasteiger partial charge is 0.292 e. The second-order valence-corrected chi connectivity index (χ2v) is 5.71. The predicted octanol–water partition coefficient (Wildman–Crippen LogP) is 3.02. The minimum atomic E-state index is -0.401. The molecule has 0 heterocycles. The van der Waals surface area contributed by atoms with Gasteiger partial charge in [-0.1, -0.05) is 18.2 Å². The van der Waals surface area contributed by atoms with Crippen LogP contribution in [0.4, 0.5) is 11.4 Å². The first-order valence-corrected chi connectivity index (χ1v) is 8.07. The Labute approximate surface area is 158 Å². The highest BCUT2D eigenvalue weighted by molar-refractivity contribution is 5.94. The summed E-state index contributed by atoms with van der Waals surface area (Å²) in [4.78, 5) is 22.7. The van der Waals surface area contributed by atoms with Crippen LogP contribution in [0.1, 0.15) is 27.9 Å². The van der Waals surface area contributed by atoms with Crippen molar-refractivity contribution in [3.63, 3.8) is 0 Å². The van der Waals surface area contributed by atoms with Gasteiger partial charge < -0.3 is 16.4 Å². The molecule has 0 bridgehead atoms. The molecule has 0 aromatic heterocycles. The van der Waals surface area contributed by atoms with Gasteiger partial charge in [0.25, 0.3) is 11.6 Å². The number of nitrogens with one attached hydrogen (secondary N) is 2. The highest BCUT2D eigenvalue weighted by Crippen LogP contribution is 2.25. The topological polar surface area (TPSA) is 110 Å². The van der Waals surface area contributed by atoms with Crippen LogP contribution in [0.3, 0.4) is 0 Å². The lowest BCUT2D eigenvalue weighted by molar-refractivity contribution is -0.384. The Balaban J connectivity index is 0.00000338. The maximum atomic E-state index is 12.0. The van der Waals surface area contributed by atoms with Crippen LogP contribution < -0.4 is 16.4 Å². The predicted molar refractivity (Wildman–Crippen MR) is 105 cm³/mol. The molecule has 0 radical (unpaired) electrons. The molecule has 7 nitrogen and oxygen atoms in total. The van der Waals surface area contributed by atoms with E-state index in [0.717, 1.165) is 11.1 Å². The van der Waals surface area contributed by atoms with E-state index in [1.807, 2.05) is 25.1 Å². The SMILES string of the molecule is Cc1ccc(NCCCNC(=O)c2ccc(CN)cc2)c([N+](=O)[O-])c1.Cl. The number of halogens is 1. The summed E-state index contributed by atoms with van der Waals surface area (Å²) in [5.41, 5.74) is 8.46. The van der Waals surface area contributed by atoms with Gasteiger partial charge in [-0.05, 0) is 42.7 Å². The molecule has 2 aromatic rings. The Hall–Kier alpha value is -2.64. The molecule has 0 atom stereocenters. The van der Waals surface area contributed by atoms with Crippen molar-refractivity contribution in [2.45, 2.75) is 19.9 Å². The summed E-state index contributed by atoms with van der Waals surface area (Å²) < 4.78 is 0. The van der Waals surface area contributed by atoms with E-state index in [2.05, 4.69) is 10.6 Å². The first-order chi connectivity index (χ1) is 12.0. The second kappa shape index (κ2) is 10.4. The summed E-state index contributed by atoms with van der Waals surface area (Å²) in [7, 11) is 0. The monoisotopic (exact) mass is 378 g/mol. The number of amides is 1. The van der Waals surface area contributed by atoms with E-state index in [0.29, 0.717) is 37.3 Å². The minimum Gasteiger partial charge on any atom is -0.379 e. The van der Waals surface area contributed by atoms with Crippen molar-refractivity contribution in [2.24, 2.45) is 5.73 Å². The van der Waals surface area contributed by atoms with E-state index >= 15 is 0 Å². The number of hydrogen-bond acceptors (Lipinski definition) is 5. The largest absolute Gasteiger partial charge is 0.379 e. The van der Waals surface area contributed by atoms with Crippen LogP contribution in [-0.4, -0.2) is 23.9 Å². The number of nitrogens with zero attached hydrogens (tertiary/aromatic N) is 1. The van der Waals surface area contributed by atoms with Gasteiger partial charge in [0.05, 0.1) is 4.92 Å². The lowest BCUT2D eigenvalue weighted by Crippen LogP contribution is -2.25. The van der Waals surface area contributed by atoms with Crippen molar-refractivity contribution in [1.82, 2.24) is 5.32 Å². The summed E-state index contributed by atoms with van der Waals surface area (Å²) in [6.07, 6.45) is 0.650. The molecule has 2 rings (SSSR count). The fraction of sp³-hybridized carbons (Fsp3) is 0.278. The van der Waals surface area contributed by atoms with Crippen molar-refractivity contribution in [1.29, 1.82) is 0 Å². The Kier molecular flexibility index (Phi) is 8.54. The third-order valence-corrected chi connectivity index (χ3v) is 3.76. The van der Waals surface area contributed by atoms with Crippen LogP contribution >= 0.6 is 12.4 Å². The maximum Gasteiger partial charge on any atom is 0.292 e. The summed E-state index contributed by atoms with van der Waals surface area (Å²) in [6.45, 7) is 3.26. The van der Waals surface area contributed by atoms with E-state index in [1.165, 1.54) is 6.07 Å². The first-order valence-electron chi connectivity index (χ1n) is 8.07. The van der Waals surface area contributed by atoms with Crippen molar-refractivity contribution >= 4 is 29.7 Å². The third kappa shape index (κ3) is 6.02. The fourth-order valence-electron chi connectivity index (χ4n) is 2.35. The summed E-state index contributed by atoms with van der Waals surface area (Å²) in [5.74, 6) is -0.148. The first kappa shape index (κ1) is 21.4. The molecule has 8 heteroatoms. The number of rotatable bonds is 8. The highest BCUT2D eigenvalue weighted by atomic mass is 35.5. The van der Waals surface area contributed by atoms with E-state index < -0.39 is 4.92 Å². The molecule has 4 N–H and O–H groups in total. The molecule has 0 aliphatic heterocycles. The molecule has 26 heavy (non-hydrogen) atoms. The highest BCUT2D eigenvalue weighted by Gasteiger charge is 2.13. The quantitative estimate of drug-likeness (QED) is 0.371. The number of aryl methyl sites for hydroxylation is 1. The van der Waals surface area contributed by atoms with Crippen LogP contribution in [0.5, 0.6) is 0 Å². The van der Waals surface area contributed by atoms with Crippen LogP contribution in [-0.2, 0) is 6.54 Å². The van der Waals surface area contributed by atoms with Gasteiger partial charge in [-0.25, -0.2) is 0 Å². The Morgan fingerprint density at radius 1 is 1.15 bits per heavy atom. The molecule has 0 unspecified atom stereocenters. The van der Waals surface area contributed by atoms with Gasteiger partial charge in [-0.2, -0.15) is 0 Å². The molecule has 0 fully saturated rings. The number of carbonyl (C=O) groups is 1. The van der Waals surface area contributed by atoms with Gasteiger partial charge in [-0.15, -0.1) is 12.4 Å². The molecule has 140 valence electrons. The lowest BCUT2D eigenvalue weighted by atomic mass is 10.1. The van der Waals surface area contributed by atoms with Gasteiger partial charge in [0, 0.05) is 31.3 Å². The zero-order chi connectivity index (χ0) is 18.2. The Bertz CT molecular complexity index is 751. The normalized spacial score (nSPS) is 9.92. The van der Waals surface area contributed by atoms with Gasteiger partial charge in [-0.3, -0.25) is 14.9 Å². The van der Waals surface area contributed by atoms with Crippen LogP contribution in [0, 0.1) is 17.0 Å². The van der Waals surface area contributed by atoms with Crippen LogP contribution in [0.2, 0.25) is 0 Å². The van der Waals surface area contributed by atoms with Gasteiger partial charge in [0.2, 0.25) is 0 Å². The van der Waals surface area contributed by atoms with Gasteiger partial charge in [0.1, 0.15) is 5.69 Å². The molecule has 0 spiro atoms. The number of hydrogen-bond donors (Lipinski definition) is 3. The number of anilines is 1. The molecule has 2 aromatic carbocycles. The van der Waals surface area contributed by atoms with E-state index in [-0.39, 0.29) is 24.0 Å². The summed E-state index contributed by atoms with van der Waals surface area (Å²) >= 11 is 0. The molecular weight excluding hydrogens is 356 g/mol. The Morgan fingerprint density at radius 2 is 1.85 bits per heavy atom. The molecule has 0 aliphatic carbocycles. The van der Waals surface area contributed by atoms with Crippen molar-refractivity contribution in [3.8, 4) is 0 Å². The number of nitro benzene ring substituents is 1. The molecule has 0 aliphatic rings. The van der Waals surface area contributed by atoms with Crippen molar-refractivity contribution in [2.75, 3.05) is 18.4 Å². The summed E-state index contributed by atoms with van der Waals surface area (Å²) in [6, 6.07) is 12.2. The lowest BCUT2D eigenvalue weighted by Gasteiger charge is -2.09. The maximum absolute atomic E-state index is 12.0.